The predicted molar refractivity (Wildman–Crippen MR) is 147 cm³/mol. The molecule has 0 spiro atoms. The summed E-state index contributed by atoms with van der Waals surface area (Å²) in [4.78, 5) is 24.0. The molecular formula is C24H25ClN6O5S3. The summed E-state index contributed by atoms with van der Waals surface area (Å²) in [6, 6.07) is 6.75. The lowest BCUT2D eigenvalue weighted by Gasteiger charge is -2.40. The highest BCUT2D eigenvalue weighted by atomic mass is 35.5. The van der Waals surface area contributed by atoms with Gasteiger partial charge in [0, 0.05) is 54.3 Å². The van der Waals surface area contributed by atoms with E-state index < -0.39 is 16.1 Å². The number of benzene rings is 1. The molecule has 2 aliphatic rings. The topological polar surface area (TPSA) is 138 Å². The monoisotopic (exact) mass is 608 g/mol. The van der Waals surface area contributed by atoms with Crippen molar-refractivity contribution in [1.29, 1.82) is 0 Å². The average Bonchev–Trinajstić information content (AvgIpc) is 3.64. The molecule has 206 valence electrons. The van der Waals surface area contributed by atoms with Crippen LogP contribution in [0.25, 0.3) is 10.1 Å². The second kappa shape index (κ2) is 10.4. The first-order valence-corrected chi connectivity index (χ1v) is 15.5. The van der Waals surface area contributed by atoms with E-state index in [9.17, 15) is 13.2 Å². The molecule has 2 atom stereocenters. The van der Waals surface area contributed by atoms with E-state index >= 15 is 0 Å². The number of hydrogen-bond acceptors (Lipinski definition) is 10. The van der Waals surface area contributed by atoms with Gasteiger partial charge in [0.2, 0.25) is 0 Å². The van der Waals surface area contributed by atoms with Crippen LogP contribution in [0.5, 0.6) is 0 Å². The molecule has 0 saturated carbocycles. The molecule has 5 heterocycles. The van der Waals surface area contributed by atoms with Gasteiger partial charge < -0.3 is 19.2 Å². The van der Waals surface area contributed by atoms with E-state index in [2.05, 4.69) is 27.4 Å². The molecule has 3 aromatic heterocycles. The van der Waals surface area contributed by atoms with Gasteiger partial charge in [0.25, 0.3) is 15.9 Å². The Morgan fingerprint density at radius 3 is 2.92 bits per heavy atom. The number of nitrogens with one attached hydrogen (secondary N) is 2. The number of aromatic amines is 1. The molecule has 1 saturated heterocycles. The summed E-state index contributed by atoms with van der Waals surface area (Å²) in [5, 5.41) is 7.33. The maximum Gasteiger partial charge on any atom is 0.314 e. The molecule has 39 heavy (non-hydrogen) atoms. The second-order valence-electron chi connectivity index (χ2n) is 9.71. The first-order valence-electron chi connectivity index (χ1n) is 12.4. The van der Waals surface area contributed by atoms with Crippen LogP contribution in [-0.4, -0.2) is 70.4 Å². The number of aryl methyl sites for hydroxylation is 1. The molecule has 0 radical (unpaired) electrons. The van der Waals surface area contributed by atoms with Crippen LogP contribution in [0.4, 0.5) is 0 Å². The fraction of sp³-hybridized carbons (Fsp3) is 0.417. The standard InChI is InChI=1S/C24H25ClN6O5S3/c1-13-8-17-18(11-26-13)35-22(27-17)23(32)31-7-6-30(12-16(31)4-5-20-28-24(37)36-29-20)39(33,34)21-9-14-2-3-15(25)10-19(14)38-21/h2-3,9-10,13,16,26H,4-8,11-12H2,1H3,(H,28,29,37). The van der Waals surface area contributed by atoms with Gasteiger partial charge in [-0.1, -0.05) is 17.7 Å². The number of oxazole rings is 1. The molecule has 6 rings (SSSR count). The van der Waals surface area contributed by atoms with Gasteiger partial charge in [-0.3, -0.25) is 4.79 Å². The zero-order valence-corrected chi connectivity index (χ0v) is 24.1. The SMILES string of the molecule is CC1Cc2nc(C(=O)N3CCN(S(=O)(=O)c4cc5ccc(Cl)cc5s4)CC3CCc3nc(=S)o[nH]3)oc2CN1. The number of H-pyrrole nitrogens is 1. The lowest BCUT2D eigenvalue weighted by Crippen LogP contribution is -2.56. The number of thiophene rings is 1. The van der Waals surface area contributed by atoms with Crippen molar-refractivity contribution in [1.82, 2.24) is 29.6 Å². The van der Waals surface area contributed by atoms with Crippen LogP contribution in [0.2, 0.25) is 5.02 Å². The highest BCUT2D eigenvalue weighted by Crippen LogP contribution is 2.34. The minimum absolute atomic E-state index is 0.0273. The minimum atomic E-state index is -3.81. The lowest BCUT2D eigenvalue weighted by atomic mass is 10.1. The molecule has 0 bridgehead atoms. The number of hydrogen-bond donors (Lipinski definition) is 2. The van der Waals surface area contributed by atoms with Crippen LogP contribution in [0.1, 0.15) is 41.3 Å². The number of aromatic nitrogens is 3. The van der Waals surface area contributed by atoms with Gasteiger partial charge in [0.15, 0.2) is 0 Å². The average molecular weight is 609 g/mol. The summed E-state index contributed by atoms with van der Waals surface area (Å²) in [6.07, 6.45) is 1.51. The van der Waals surface area contributed by atoms with Crippen LogP contribution in [-0.2, 0) is 29.4 Å². The summed E-state index contributed by atoms with van der Waals surface area (Å²) >= 11 is 12.2. The largest absolute Gasteiger partial charge is 0.436 e. The van der Waals surface area contributed by atoms with Crippen LogP contribution in [0, 0.1) is 4.84 Å². The number of nitrogens with zero attached hydrogens (tertiary/aromatic N) is 4. The number of piperazine rings is 1. The van der Waals surface area contributed by atoms with E-state index in [1.165, 1.54) is 15.6 Å². The van der Waals surface area contributed by atoms with E-state index in [1.54, 1.807) is 29.2 Å². The van der Waals surface area contributed by atoms with Crippen LogP contribution in [0.15, 0.2) is 37.4 Å². The predicted octanol–water partition coefficient (Wildman–Crippen LogP) is 3.77. The van der Waals surface area contributed by atoms with Gasteiger partial charge in [-0.2, -0.15) is 9.29 Å². The third-order valence-electron chi connectivity index (χ3n) is 7.03. The summed E-state index contributed by atoms with van der Waals surface area (Å²) in [5.74, 6) is 0.859. The molecule has 0 aliphatic carbocycles. The van der Waals surface area contributed by atoms with Gasteiger partial charge in [0.05, 0.1) is 12.2 Å². The Kier molecular flexibility index (Phi) is 7.10. The van der Waals surface area contributed by atoms with Crippen molar-refractivity contribution >= 4 is 61.2 Å². The van der Waals surface area contributed by atoms with E-state index in [1.807, 2.05) is 0 Å². The molecule has 2 unspecified atom stereocenters. The van der Waals surface area contributed by atoms with Crippen molar-refractivity contribution in [2.24, 2.45) is 0 Å². The third-order valence-corrected chi connectivity index (χ3v) is 10.9. The van der Waals surface area contributed by atoms with E-state index in [0.717, 1.165) is 15.8 Å². The Balaban J connectivity index is 1.27. The Hall–Kier alpha value is -2.62. The van der Waals surface area contributed by atoms with Gasteiger partial charge in [0.1, 0.15) is 15.8 Å². The number of sulfonamides is 1. The fourth-order valence-electron chi connectivity index (χ4n) is 4.99. The Bertz CT molecular complexity index is 1710. The van der Waals surface area contributed by atoms with Crippen molar-refractivity contribution in [3.05, 3.63) is 57.3 Å². The summed E-state index contributed by atoms with van der Waals surface area (Å²) in [7, 11) is -3.81. The number of carbonyl (C=O) groups excluding carboxylic acids is 1. The van der Waals surface area contributed by atoms with E-state index in [4.69, 9.17) is 32.8 Å². The lowest BCUT2D eigenvalue weighted by molar-refractivity contribution is 0.0509. The minimum Gasteiger partial charge on any atom is -0.436 e. The Morgan fingerprint density at radius 1 is 1.28 bits per heavy atom. The summed E-state index contributed by atoms with van der Waals surface area (Å²) in [6.45, 7) is 3.01. The van der Waals surface area contributed by atoms with Crippen molar-refractivity contribution in [2.45, 2.75) is 49.0 Å². The van der Waals surface area contributed by atoms with Gasteiger partial charge in [-0.05, 0) is 49.1 Å². The van der Waals surface area contributed by atoms with Gasteiger partial charge in [-0.25, -0.2) is 18.6 Å². The highest BCUT2D eigenvalue weighted by Gasteiger charge is 2.39. The molecule has 15 heteroatoms. The Labute approximate surface area is 238 Å². The normalized spacial score (nSPS) is 20.4. The molecule has 4 aromatic rings. The number of carbonyl (C=O) groups is 1. The number of fused-ring (bicyclic) bond motifs is 2. The van der Waals surface area contributed by atoms with Crippen molar-refractivity contribution in [3.8, 4) is 0 Å². The number of halogens is 1. The smallest absolute Gasteiger partial charge is 0.314 e. The molecule has 1 aromatic carbocycles. The van der Waals surface area contributed by atoms with Crippen molar-refractivity contribution in [3.63, 3.8) is 0 Å². The third kappa shape index (κ3) is 5.28. The van der Waals surface area contributed by atoms with Crippen molar-refractivity contribution < 1.29 is 22.2 Å². The van der Waals surface area contributed by atoms with Gasteiger partial charge >= 0.3 is 10.7 Å². The fourth-order valence-corrected chi connectivity index (χ4v) is 8.44. The quantitative estimate of drug-likeness (QED) is 0.313. The van der Waals surface area contributed by atoms with E-state index in [-0.39, 0.29) is 46.5 Å². The zero-order valence-electron chi connectivity index (χ0n) is 20.8. The molecule has 2 aliphatic heterocycles. The zero-order chi connectivity index (χ0) is 27.3. The van der Waals surface area contributed by atoms with Crippen LogP contribution in [0.3, 0.4) is 0 Å². The summed E-state index contributed by atoms with van der Waals surface area (Å²) in [5.41, 5.74) is 0.780. The maximum atomic E-state index is 13.7. The highest BCUT2D eigenvalue weighted by molar-refractivity contribution is 7.91. The Morgan fingerprint density at radius 2 is 2.13 bits per heavy atom. The van der Waals surface area contributed by atoms with Crippen LogP contribution < -0.4 is 5.32 Å². The molecule has 1 amide bonds. The summed E-state index contributed by atoms with van der Waals surface area (Å²) < 4.78 is 40.7. The van der Waals surface area contributed by atoms with Crippen molar-refractivity contribution in [2.75, 3.05) is 19.6 Å². The maximum absolute atomic E-state index is 13.7. The molecular weight excluding hydrogens is 584 g/mol. The number of rotatable bonds is 6. The molecule has 11 nitrogen and oxygen atoms in total. The second-order valence-corrected chi connectivity index (χ2v) is 13.7. The first kappa shape index (κ1) is 26.6. The van der Waals surface area contributed by atoms with E-state index in [0.29, 0.717) is 42.4 Å². The van der Waals surface area contributed by atoms with Gasteiger partial charge in [-0.15, -0.1) is 11.3 Å². The molecule has 2 N–H and O–H groups in total. The molecule has 1 fully saturated rings. The van der Waals surface area contributed by atoms with Crippen LogP contribution >= 0.6 is 35.2 Å². The first-order chi connectivity index (χ1) is 18.7. The number of amides is 1.